The normalized spacial score (nSPS) is 13.2. The summed E-state index contributed by atoms with van der Waals surface area (Å²) in [6.07, 6.45) is -0.478. The molecule has 0 spiro atoms. The van der Waals surface area contributed by atoms with Gasteiger partial charge >= 0.3 is 6.18 Å². The lowest BCUT2D eigenvalue weighted by Gasteiger charge is -2.16. The molecule has 1 aromatic carbocycles. The first-order valence-corrected chi connectivity index (χ1v) is 6.10. The highest BCUT2D eigenvalue weighted by atomic mass is 19.4. The Labute approximate surface area is 114 Å². The van der Waals surface area contributed by atoms with Crippen LogP contribution in [-0.2, 0) is 12.6 Å². The number of alkyl halides is 3. The van der Waals surface area contributed by atoms with Gasteiger partial charge in [-0.3, -0.25) is 0 Å². The average molecular weight is 281 g/mol. The number of likely N-dealkylation sites (N-methyl/N-ethyl adjacent to an activating group) is 1. The van der Waals surface area contributed by atoms with Gasteiger partial charge in [-0.15, -0.1) is 0 Å². The quantitative estimate of drug-likeness (QED) is 0.936. The van der Waals surface area contributed by atoms with Gasteiger partial charge in [0.05, 0.1) is 11.8 Å². The van der Waals surface area contributed by atoms with Crippen molar-refractivity contribution in [2.45, 2.75) is 18.6 Å². The second-order valence-electron chi connectivity index (χ2n) is 4.42. The fourth-order valence-electron chi connectivity index (χ4n) is 1.96. The minimum absolute atomic E-state index is 0.0118. The summed E-state index contributed by atoms with van der Waals surface area (Å²) in [7, 11) is 1.80. The van der Waals surface area contributed by atoms with Crippen molar-refractivity contribution < 1.29 is 13.2 Å². The Morgan fingerprint density at radius 3 is 2.30 bits per heavy atom. The maximum Gasteiger partial charge on any atom is 0.416 e. The molecule has 0 aliphatic carbocycles. The molecule has 20 heavy (non-hydrogen) atoms. The van der Waals surface area contributed by atoms with Crippen LogP contribution in [0.4, 0.5) is 13.2 Å². The van der Waals surface area contributed by atoms with Gasteiger partial charge < -0.3 is 5.32 Å². The van der Waals surface area contributed by atoms with Gasteiger partial charge in [-0.05, 0) is 42.8 Å². The maximum absolute atomic E-state index is 12.5. The fourth-order valence-corrected chi connectivity index (χ4v) is 1.96. The first-order chi connectivity index (χ1) is 9.50. The molecular formula is C14H14F3N3. The topological polar surface area (TPSA) is 37.8 Å². The number of hydrogen-bond donors (Lipinski definition) is 1. The lowest BCUT2D eigenvalue weighted by Crippen LogP contribution is -2.19. The molecule has 1 N–H and O–H groups in total. The van der Waals surface area contributed by atoms with E-state index in [0.717, 1.165) is 23.3 Å². The van der Waals surface area contributed by atoms with Crippen molar-refractivity contribution >= 4 is 0 Å². The molecule has 0 amide bonds. The Morgan fingerprint density at radius 1 is 1.10 bits per heavy atom. The smallest absolute Gasteiger partial charge is 0.313 e. The van der Waals surface area contributed by atoms with Crippen LogP contribution in [0.25, 0.3) is 0 Å². The zero-order valence-corrected chi connectivity index (χ0v) is 10.9. The summed E-state index contributed by atoms with van der Waals surface area (Å²) in [5, 5.41) is 10.6. The van der Waals surface area contributed by atoms with E-state index < -0.39 is 11.7 Å². The van der Waals surface area contributed by atoms with Crippen LogP contribution < -0.4 is 5.32 Å². The van der Waals surface area contributed by atoms with E-state index in [4.69, 9.17) is 0 Å². The van der Waals surface area contributed by atoms with Crippen molar-refractivity contribution in [3.05, 3.63) is 59.4 Å². The molecule has 0 aliphatic rings. The maximum atomic E-state index is 12.5. The standard InChI is InChI=1S/C14H14F3N3/c1-18-13(11-6-7-19-20-9-11)8-10-2-4-12(5-3-10)14(15,16)17/h2-7,9,13,18H,8H2,1H3. The van der Waals surface area contributed by atoms with E-state index in [2.05, 4.69) is 15.5 Å². The highest BCUT2D eigenvalue weighted by Crippen LogP contribution is 2.29. The number of halogens is 3. The van der Waals surface area contributed by atoms with Gasteiger partial charge in [0, 0.05) is 12.2 Å². The van der Waals surface area contributed by atoms with Gasteiger partial charge in [-0.2, -0.15) is 23.4 Å². The Balaban J connectivity index is 2.13. The van der Waals surface area contributed by atoms with Crippen LogP contribution in [0.15, 0.2) is 42.7 Å². The largest absolute Gasteiger partial charge is 0.416 e. The number of aromatic nitrogens is 2. The van der Waals surface area contributed by atoms with Crippen molar-refractivity contribution in [1.82, 2.24) is 15.5 Å². The van der Waals surface area contributed by atoms with Gasteiger partial charge in [-0.1, -0.05) is 12.1 Å². The molecule has 1 heterocycles. The van der Waals surface area contributed by atoms with E-state index in [1.807, 2.05) is 6.07 Å². The van der Waals surface area contributed by atoms with Crippen LogP contribution in [0.5, 0.6) is 0 Å². The van der Waals surface area contributed by atoms with E-state index in [0.29, 0.717) is 6.42 Å². The molecule has 1 atom stereocenters. The second-order valence-corrected chi connectivity index (χ2v) is 4.42. The van der Waals surface area contributed by atoms with Gasteiger partial charge in [-0.25, -0.2) is 0 Å². The molecule has 1 unspecified atom stereocenters. The van der Waals surface area contributed by atoms with Crippen molar-refractivity contribution in [1.29, 1.82) is 0 Å². The molecule has 0 saturated heterocycles. The van der Waals surface area contributed by atoms with Crippen LogP contribution in [-0.4, -0.2) is 17.2 Å². The molecule has 0 radical (unpaired) electrons. The minimum atomic E-state index is -4.30. The zero-order chi connectivity index (χ0) is 14.6. The highest BCUT2D eigenvalue weighted by molar-refractivity contribution is 5.26. The van der Waals surface area contributed by atoms with Crippen molar-refractivity contribution in [3.8, 4) is 0 Å². The summed E-state index contributed by atoms with van der Waals surface area (Å²) in [6, 6.07) is 7.03. The number of benzene rings is 1. The first kappa shape index (κ1) is 14.5. The monoisotopic (exact) mass is 281 g/mol. The predicted octanol–water partition coefficient (Wildman–Crippen LogP) is 3.00. The third kappa shape index (κ3) is 3.54. The third-order valence-corrected chi connectivity index (χ3v) is 3.08. The summed E-state index contributed by atoms with van der Waals surface area (Å²) in [5.41, 5.74) is 1.14. The van der Waals surface area contributed by atoms with Crippen molar-refractivity contribution in [3.63, 3.8) is 0 Å². The molecule has 106 valence electrons. The van der Waals surface area contributed by atoms with Crippen LogP contribution in [0.1, 0.15) is 22.7 Å². The van der Waals surface area contributed by atoms with E-state index >= 15 is 0 Å². The summed E-state index contributed by atoms with van der Waals surface area (Å²) in [5.74, 6) is 0. The molecule has 0 bridgehead atoms. The summed E-state index contributed by atoms with van der Waals surface area (Å²) in [6.45, 7) is 0. The predicted molar refractivity (Wildman–Crippen MR) is 69.0 cm³/mol. The molecule has 0 saturated carbocycles. The fraction of sp³-hybridized carbons (Fsp3) is 0.286. The SMILES string of the molecule is CNC(Cc1ccc(C(F)(F)F)cc1)c1ccnnc1. The first-order valence-electron chi connectivity index (χ1n) is 6.10. The number of nitrogens with one attached hydrogen (secondary N) is 1. The molecule has 0 aliphatic heterocycles. The lowest BCUT2D eigenvalue weighted by atomic mass is 10.00. The summed E-state index contributed by atoms with van der Waals surface area (Å²) < 4.78 is 37.5. The molecule has 2 aromatic rings. The molecular weight excluding hydrogens is 267 g/mol. The molecule has 3 nitrogen and oxygen atoms in total. The lowest BCUT2D eigenvalue weighted by molar-refractivity contribution is -0.137. The Morgan fingerprint density at radius 2 is 1.80 bits per heavy atom. The Hall–Kier alpha value is -1.95. The van der Waals surface area contributed by atoms with Crippen LogP contribution in [0.2, 0.25) is 0 Å². The van der Waals surface area contributed by atoms with E-state index in [-0.39, 0.29) is 6.04 Å². The van der Waals surface area contributed by atoms with Crippen molar-refractivity contribution in [2.24, 2.45) is 0 Å². The molecule has 2 rings (SSSR count). The molecule has 6 heteroatoms. The second kappa shape index (κ2) is 6.00. The third-order valence-electron chi connectivity index (χ3n) is 3.08. The number of rotatable bonds is 4. The summed E-state index contributed by atoms with van der Waals surface area (Å²) >= 11 is 0. The van der Waals surface area contributed by atoms with Crippen molar-refractivity contribution in [2.75, 3.05) is 7.05 Å². The highest BCUT2D eigenvalue weighted by Gasteiger charge is 2.29. The van der Waals surface area contributed by atoms with E-state index in [9.17, 15) is 13.2 Å². The number of nitrogens with zero attached hydrogens (tertiary/aromatic N) is 2. The van der Waals surface area contributed by atoms with E-state index in [1.54, 1.807) is 19.4 Å². The van der Waals surface area contributed by atoms with Gasteiger partial charge in [0.1, 0.15) is 0 Å². The van der Waals surface area contributed by atoms with Crippen LogP contribution >= 0.6 is 0 Å². The molecule has 0 fully saturated rings. The van der Waals surface area contributed by atoms with Gasteiger partial charge in [0.2, 0.25) is 0 Å². The Kier molecular flexibility index (Phi) is 4.34. The zero-order valence-electron chi connectivity index (χ0n) is 10.9. The van der Waals surface area contributed by atoms with Crippen LogP contribution in [0.3, 0.4) is 0 Å². The van der Waals surface area contributed by atoms with E-state index in [1.165, 1.54) is 12.1 Å². The van der Waals surface area contributed by atoms with Gasteiger partial charge in [0.15, 0.2) is 0 Å². The summed E-state index contributed by atoms with van der Waals surface area (Å²) in [4.78, 5) is 0. The van der Waals surface area contributed by atoms with Crippen LogP contribution in [0, 0.1) is 0 Å². The minimum Gasteiger partial charge on any atom is -0.313 e. The Bertz CT molecular complexity index is 538. The molecule has 1 aromatic heterocycles. The van der Waals surface area contributed by atoms with Gasteiger partial charge in [0.25, 0.3) is 0 Å². The average Bonchev–Trinajstić information content (AvgIpc) is 2.45. The number of hydrogen-bond acceptors (Lipinski definition) is 3.